The molecule has 0 radical (unpaired) electrons. The lowest BCUT2D eigenvalue weighted by molar-refractivity contribution is -0.145. The van der Waals surface area contributed by atoms with Crippen LogP contribution in [-0.2, 0) is 14.4 Å². The monoisotopic (exact) mass is 479 g/mol. The lowest BCUT2D eigenvalue weighted by Gasteiger charge is -2.43. The van der Waals surface area contributed by atoms with Crippen LogP contribution in [0.15, 0.2) is 24.3 Å². The van der Waals surface area contributed by atoms with E-state index in [0.717, 1.165) is 5.56 Å². The molecule has 1 aromatic rings. The predicted octanol–water partition coefficient (Wildman–Crippen LogP) is 0.271. The van der Waals surface area contributed by atoms with Gasteiger partial charge < -0.3 is 25.6 Å². The van der Waals surface area contributed by atoms with Gasteiger partial charge in [-0.3, -0.25) is 19.3 Å². The number of rotatable bonds is 6. The minimum absolute atomic E-state index is 0.00826. The largest absolute Gasteiger partial charge is 0.493 e. The highest BCUT2D eigenvalue weighted by Crippen LogP contribution is 2.36. The first-order valence-electron chi connectivity index (χ1n) is 11.6. The molecule has 0 saturated carbocycles. The van der Waals surface area contributed by atoms with Crippen LogP contribution < -0.4 is 20.7 Å². The van der Waals surface area contributed by atoms with Gasteiger partial charge in [-0.15, -0.1) is 0 Å². The van der Waals surface area contributed by atoms with E-state index >= 15 is 0 Å². The lowest BCUT2D eigenvalue weighted by Crippen LogP contribution is -2.64. The number of halogens is 2. The first kappa shape index (κ1) is 24.3. The van der Waals surface area contributed by atoms with Crippen molar-refractivity contribution in [1.82, 2.24) is 25.8 Å². The van der Waals surface area contributed by atoms with Gasteiger partial charge in [0, 0.05) is 37.5 Å². The third-order valence-corrected chi connectivity index (χ3v) is 6.81. The zero-order valence-corrected chi connectivity index (χ0v) is 19.4. The van der Waals surface area contributed by atoms with Crippen molar-refractivity contribution in [3.05, 3.63) is 29.8 Å². The molecule has 1 aromatic carbocycles. The molecule has 3 amide bonds. The van der Waals surface area contributed by atoms with Crippen molar-refractivity contribution >= 4 is 17.7 Å². The van der Waals surface area contributed by atoms with E-state index in [2.05, 4.69) is 16.0 Å². The summed E-state index contributed by atoms with van der Waals surface area (Å²) in [4.78, 5) is 41.4. The van der Waals surface area contributed by atoms with Gasteiger partial charge in [-0.05, 0) is 20.0 Å². The summed E-state index contributed by atoms with van der Waals surface area (Å²) in [6, 6.07) is 5.14. The summed E-state index contributed by atoms with van der Waals surface area (Å²) in [6.45, 7) is 1.38. The van der Waals surface area contributed by atoms with Crippen LogP contribution in [0.2, 0.25) is 0 Å². The first-order valence-corrected chi connectivity index (χ1v) is 11.6. The zero-order valence-electron chi connectivity index (χ0n) is 19.4. The van der Waals surface area contributed by atoms with Gasteiger partial charge in [-0.2, -0.15) is 0 Å². The van der Waals surface area contributed by atoms with Crippen LogP contribution in [0.3, 0.4) is 0 Å². The van der Waals surface area contributed by atoms with Crippen molar-refractivity contribution in [3.63, 3.8) is 0 Å². The fourth-order valence-corrected chi connectivity index (χ4v) is 4.84. The second-order valence-corrected chi connectivity index (χ2v) is 9.17. The molecule has 3 aliphatic rings. The minimum atomic E-state index is -2.86. The van der Waals surface area contributed by atoms with Gasteiger partial charge in [0.2, 0.25) is 17.7 Å². The number of alkyl halides is 2. The van der Waals surface area contributed by atoms with E-state index in [0.29, 0.717) is 18.8 Å². The van der Waals surface area contributed by atoms with Crippen LogP contribution >= 0.6 is 0 Å². The summed E-state index contributed by atoms with van der Waals surface area (Å²) in [5.74, 6) is -3.41. The Hall–Kier alpha value is -2.79. The number of hydrogen-bond donors (Lipinski definition) is 3. The van der Waals surface area contributed by atoms with Crippen LogP contribution in [0.25, 0.3) is 0 Å². The highest BCUT2D eigenvalue weighted by molar-refractivity contribution is 5.91. The highest BCUT2D eigenvalue weighted by atomic mass is 19.3. The summed E-state index contributed by atoms with van der Waals surface area (Å²) in [5, 5.41) is 8.34. The Morgan fingerprint density at radius 3 is 2.76 bits per heavy atom. The van der Waals surface area contributed by atoms with Gasteiger partial charge in [0.05, 0.1) is 31.8 Å². The number of likely N-dealkylation sites (N-methyl/N-ethyl adjacent to an activating group) is 1. The summed E-state index contributed by atoms with van der Waals surface area (Å²) in [7, 11) is 1.63. The van der Waals surface area contributed by atoms with E-state index in [-0.39, 0.29) is 38.0 Å². The van der Waals surface area contributed by atoms with Crippen molar-refractivity contribution in [2.24, 2.45) is 0 Å². The number of nitrogens with zero attached hydrogens (tertiary/aromatic N) is 2. The smallest absolute Gasteiger partial charge is 0.262 e. The van der Waals surface area contributed by atoms with Gasteiger partial charge in [0.25, 0.3) is 5.92 Å². The number of benzene rings is 1. The molecule has 11 heteroatoms. The van der Waals surface area contributed by atoms with Crippen molar-refractivity contribution in [3.8, 4) is 5.75 Å². The third-order valence-electron chi connectivity index (χ3n) is 6.81. The molecule has 186 valence electrons. The summed E-state index contributed by atoms with van der Waals surface area (Å²) >= 11 is 0. The number of ether oxygens (including phenoxy) is 1. The van der Waals surface area contributed by atoms with Crippen molar-refractivity contribution < 1.29 is 27.9 Å². The number of nitrogens with one attached hydrogen (secondary N) is 3. The Kier molecular flexibility index (Phi) is 7.04. The first-order chi connectivity index (χ1) is 16.2. The summed E-state index contributed by atoms with van der Waals surface area (Å²) < 4.78 is 33.8. The Morgan fingerprint density at radius 2 is 2.00 bits per heavy atom. The Balaban J connectivity index is 1.49. The Bertz CT molecular complexity index is 946. The second-order valence-electron chi connectivity index (χ2n) is 9.17. The number of fused-ring (bicyclic) bond motifs is 2. The molecule has 0 spiro atoms. The average Bonchev–Trinajstić information content (AvgIpc) is 3.13. The van der Waals surface area contributed by atoms with Crippen LogP contribution in [0.5, 0.6) is 5.75 Å². The fraction of sp³-hybridized carbons (Fsp3) is 0.609. The standard InChI is InChI=1S/C23H31F2N5O4/c1-14(26-2)21(32)27-10-20(31)30-11-15-9-23(24,25)13-29(15)12-18(30)22(33)28-17-7-8-34-19-6-4-3-5-16(17)19/h3-6,14-15,17-18,26H,7-13H2,1-2H3,(H,27,32)(H,28,33)/t14-,15+,17+,18-/m0/s1. The van der Waals surface area contributed by atoms with Crippen LogP contribution in [-0.4, -0.2) is 91.4 Å². The quantitative estimate of drug-likeness (QED) is 0.542. The van der Waals surface area contributed by atoms with Gasteiger partial charge in [0.15, 0.2) is 0 Å². The molecule has 3 aliphatic heterocycles. The van der Waals surface area contributed by atoms with E-state index < -0.39 is 42.4 Å². The zero-order chi connectivity index (χ0) is 24.5. The van der Waals surface area contributed by atoms with Gasteiger partial charge in [-0.25, -0.2) is 8.78 Å². The molecule has 34 heavy (non-hydrogen) atoms. The van der Waals surface area contributed by atoms with E-state index in [4.69, 9.17) is 4.74 Å². The number of carbonyl (C=O) groups excluding carboxylic acids is 3. The molecule has 0 aliphatic carbocycles. The average molecular weight is 480 g/mol. The number of carbonyl (C=O) groups is 3. The summed E-state index contributed by atoms with van der Waals surface area (Å²) in [5.41, 5.74) is 0.842. The van der Waals surface area contributed by atoms with Crippen molar-refractivity contribution in [2.75, 3.05) is 39.8 Å². The third kappa shape index (κ3) is 5.15. The second kappa shape index (κ2) is 9.83. The molecule has 2 saturated heterocycles. The topological polar surface area (TPSA) is 103 Å². The molecule has 3 heterocycles. The number of para-hydroxylation sites is 1. The fourth-order valence-electron chi connectivity index (χ4n) is 4.84. The Labute approximate surface area is 197 Å². The van der Waals surface area contributed by atoms with E-state index in [1.807, 2.05) is 24.3 Å². The number of amides is 3. The predicted molar refractivity (Wildman–Crippen MR) is 119 cm³/mol. The highest BCUT2D eigenvalue weighted by Gasteiger charge is 2.51. The maximum Gasteiger partial charge on any atom is 0.262 e. The van der Waals surface area contributed by atoms with Crippen LogP contribution in [0.1, 0.15) is 31.4 Å². The van der Waals surface area contributed by atoms with Crippen molar-refractivity contribution in [1.29, 1.82) is 0 Å². The van der Waals surface area contributed by atoms with E-state index in [1.165, 1.54) is 4.90 Å². The lowest BCUT2D eigenvalue weighted by atomic mass is 9.99. The minimum Gasteiger partial charge on any atom is -0.493 e. The molecule has 4 rings (SSSR count). The Morgan fingerprint density at radius 1 is 1.24 bits per heavy atom. The maximum atomic E-state index is 14.1. The van der Waals surface area contributed by atoms with Gasteiger partial charge >= 0.3 is 0 Å². The van der Waals surface area contributed by atoms with Gasteiger partial charge in [-0.1, -0.05) is 18.2 Å². The maximum absolute atomic E-state index is 14.1. The van der Waals surface area contributed by atoms with Crippen LogP contribution in [0.4, 0.5) is 8.78 Å². The van der Waals surface area contributed by atoms with E-state index in [1.54, 1.807) is 18.9 Å². The van der Waals surface area contributed by atoms with E-state index in [9.17, 15) is 23.2 Å². The molecule has 0 aromatic heterocycles. The molecule has 3 N–H and O–H groups in total. The molecule has 2 fully saturated rings. The summed E-state index contributed by atoms with van der Waals surface area (Å²) in [6.07, 6.45) is 0.202. The normalized spacial score (nSPS) is 26.6. The number of hydrogen-bond acceptors (Lipinski definition) is 6. The number of piperazine rings is 1. The van der Waals surface area contributed by atoms with Crippen molar-refractivity contribution in [2.45, 2.75) is 49.9 Å². The molecule has 9 nitrogen and oxygen atoms in total. The molecular weight excluding hydrogens is 448 g/mol. The molecular formula is C23H31F2N5O4. The van der Waals surface area contributed by atoms with Gasteiger partial charge in [0.1, 0.15) is 11.8 Å². The molecule has 4 atom stereocenters. The SMILES string of the molecule is CN[C@@H](C)C(=O)NCC(=O)N1C[C@H]2CC(F)(F)CN2C[C@H]1C(=O)N[C@@H]1CCOc2ccccc21. The molecule has 0 bridgehead atoms. The molecule has 0 unspecified atom stereocenters. The van der Waals surface area contributed by atoms with Crippen LogP contribution in [0, 0.1) is 0 Å².